The smallest absolute Gasteiger partial charge is 0.115 e. The third kappa shape index (κ3) is 3.46. The van der Waals surface area contributed by atoms with Crippen molar-refractivity contribution in [1.29, 1.82) is 5.26 Å². The molecule has 4 aliphatic carbocycles. The van der Waals surface area contributed by atoms with Crippen molar-refractivity contribution in [3.63, 3.8) is 0 Å². The van der Waals surface area contributed by atoms with E-state index in [4.69, 9.17) is 4.98 Å². The Morgan fingerprint density at radius 2 is 1.91 bits per heavy atom. The number of aromatic nitrogens is 1. The second-order valence-electron chi connectivity index (χ2n) is 12.1. The summed E-state index contributed by atoms with van der Waals surface area (Å²) in [5, 5.41) is 11.2. The van der Waals surface area contributed by atoms with E-state index in [1.165, 1.54) is 68.2 Å². The van der Waals surface area contributed by atoms with Crippen LogP contribution in [0.2, 0.25) is 0 Å². The van der Waals surface area contributed by atoms with Crippen LogP contribution in [0.1, 0.15) is 82.0 Å². The Labute approximate surface area is 215 Å². The van der Waals surface area contributed by atoms with Gasteiger partial charge in [-0.05, 0) is 85.2 Å². The molecule has 0 aliphatic heterocycles. The average Bonchev–Trinajstić information content (AvgIpc) is 3.18. The molecule has 1 aromatic heterocycles. The van der Waals surface area contributed by atoms with Crippen LogP contribution < -0.4 is 0 Å². The molecule has 0 spiro atoms. The molecule has 6 rings (SSSR count). The second-order valence-corrected chi connectivity index (χ2v) is 13.1. The number of hydrogen-bond acceptors (Lipinski definition) is 3. The standard InChI is InChI=1S/C32H38N2S/c1-4-18-35-30-25(20-33)28(21-10-6-5-7-11-21)24-19-27-23-14-13-22-12-8-9-16-31(22,2)26(23)15-17-32(27,3)29(24)34-30/h4-7,10-11,22-23,26-27H,1,8-9,12-19H2,2-3H3/t22?,23?,26?,27?,31-,32-/m0/s1. The van der Waals surface area contributed by atoms with Crippen LogP contribution in [0.25, 0.3) is 11.1 Å². The van der Waals surface area contributed by atoms with Crippen molar-refractivity contribution in [2.75, 3.05) is 5.75 Å². The summed E-state index contributed by atoms with van der Waals surface area (Å²) in [6, 6.07) is 13.2. The number of nitrogens with zero attached hydrogens (tertiary/aromatic N) is 2. The van der Waals surface area contributed by atoms with Crippen LogP contribution in [0.4, 0.5) is 0 Å². The lowest BCUT2D eigenvalue weighted by atomic mass is 9.45. The van der Waals surface area contributed by atoms with E-state index >= 15 is 0 Å². The summed E-state index contributed by atoms with van der Waals surface area (Å²) in [6.45, 7) is 9.09. The third-order valence-electron chi connectivity index (χ3n) is 10.7. The maximum Gasteiger partial charge on any atom is 0.115 e. The van der Waals surface area contributed by atoms with Crippen LogP contribution in [-0.2, 0) is 11.8 Å². The van der Waals surface area contributed by atoms with Gasteiger partial charge in [0, 0.05) is 16.7 Å². The van der Waals surface area contributed by atoms with Crippen molar-refractivity contribution in [1.82, 2.24) is 4.98 Å². The molecule has 0 saturated heterocycles. The molecular formula is C32H38N2S. The first-order valence-corrected chi connectivity index (χ1v) is 14.8. The van der Waals surface area contributed by atoms with E-state index in [0.717, 1.165) is 46.1 Å². The number of pyridine rings is 1. The van der Waals surface area contributed by atoms with Crippen molar-refractivity contribution in [3.8, 4) is 17.2 Å². The molecule has 2 nitrogen and oxygen atoms in total. The maximum atomic E-state index is 10.3. The number of rotatable bonds is 4. The average molecular weight is 483 g/mol. The zero-order valence-corrected chi connectivity index (χ0v) is 22.2. The molecule has 35 heavy (non-hydrogen) atoms. The molecule has 182 valence electrons. The van der Waals surface area contributed by atoms with Gasteiger partial charge >= 0.3 is 0 Å². The Morgan fingerprint density at radius 1 is 1.09 bits per heavy atom. The first-order chi connectivity index (χ1) is 17.0. The Morgan fingerprint density at radius 3 is 2.69 bits per heavy atom. The molecule has 4 aliphatic rings. The minimum Gasteiger partial charge on any atom is -0.244 e. The minimum atomic E-state index is 0.120. The fraction of sp³-hybridized carbons (Fsp3) is 0.562. The highest BCUT2D eigenvalue weighted by molar-refractivity contribution is 7.99. The number of fused-ring (bicyclic) bond motifs is 7. The molecular weight excluding hydrogens is 444 g/mol. The Bertz CT molecular complexity index is 1180. The van der Waals surface area contributed by atoms with Crippen molar-refractivity contribution in [3.05, 3.63) is 59.8 Å². The molecule has 3 saturated carbocycles. The molecule has 3 fully saturated rings. The van der Waals surface area contributed by atoms with E-state index < -0.39 is 0 Å². The molecule has 1 aromatic carbocycles. The molecule has 1 heterocycles. The van der Waals surface area contributed by atoms with Crippen LogP contribution >= 0.6 is 11.8 Å². The van der Waals surface area contributed by atoms with E-state index in [9.17, 15) is 5.26 Å². The summed E-state index contributed by atoms with van der Waals surface area (Å²) in [4.78, 5) is 5.33. The minimum absolute atomic E-state index is 0.120. The quantitative estimate of drug-likeness (QED) is 0.324. The lowest BCUT2D eigenvalue weighted by molar-refractivity contribution is -0.0908. The van der Waals surface area contributed by atoms with Crippen LogP contribution in [0.5, 0.6) is 0 Å². The van der Waals surface area contributed by atoms with Crippen molar-refractivity contribution < 1.29 is 0 Å². The number of thioether (sulfide) groups is 1. The van der Waals surface area contributed by atoms with Gasteiger partial charge in [0.15, 0.2) is 0 Å². The number of hydrogen-bond donors (Lipinski definition) is 0. The molecule has 4 unspecified atom stereocenters. The molecule has 0 amide bonds. The van der Waals surface area contributed by atoms with Crippen LogP contribution in [0.15, 0.2) is 48.0 Å². The van der Waals surface area contributed by atoms with E-state index in [0.29, 0.717) is 11.3 Å². The highest BCUT2D eigenvalue weighted by Crippen LogP contribution is 2.66. The lowest BCUT2D eigenvalue weighted by Crippen LogP contribution is -2.53. The Hall–Kier alpha value is -2.05. The molecule has 2 aromatic rings. The maximum absolute atomic E-state index is 10.3. The molecule has 6 atom stereocenters. The highest BCUT2D eigenvalue weighted by atomic mass is 32.2. The Kier molecular flexibility index (Phi) is 5.88. The third-order valence-corrected chi connectivity index (χ3v) is 11.7. The fourth-order valence-corrected chi connectivity index (χ4v) is 9.77. The second kappa shape index (κ2) is 8.81. The van der Waals surface area contributed by atoms with Gasteiger partial charge in [-0.25, -0.2) is 4.98 Å². The van der Waals surface area contributed by atoms with E-state index in [-0.39, 0.29) is 5.41 Å². The van der Waals surface area contributed by atoms with Crippen molar-refractivity contribution in [2.24, 2.45) is 29.1 Å². The van der Waals surface area contributed by atoms with Gasteiger partial charge in [0.1, 0.15) is 11.1 Å². The number of nitriles is 1. The molecule has 0 radical (unpaired) electrons. The van der Waals surface area contributed by atoms with Gasteiger partial charge in [-0.1, -0.05) is 63.1 Å². The molecule has 0 bridgehead atoms. The van der Waals surface area contributed by atoms with Crippen molar-refractivity contribution in [2.45, 2.75) is 82.1 Å². The van der Waals surface area contributed by atoms with E-state index in [1.54, 1.807) is 11.8 Å². The molecule has 0 N–H and O–H groups in total. The predicted octanol–water partition coefficient (Wildman–Crippen LogP) is 8.34. The van der Waals surface area contributed by atoms with Gasteiger partial charge < -0.3 is 0 Å². The summed E-state index contributed by atoms with van der Waals surface area (Å²) in [6.07, 6.45) is 14.2. The van der Waals surface area contributed by atoms with Gasteiger partial charge in [-0.3, -0.25) is 0 Å². The van der Waals surface area contributed by atoms with Gasteiger partial charge in [0.25, 0.3) is 0 Å². The topological polar surface area (TPSA) is 36.7 Å². The van der Waals surface area contributed by atoms with Gasteiger partial charge in [0.05, 0.1) is 11.3 Å². The summed E-state index contributed by atoms with van der Waals surface area (Å²) in [5.74, 6) is 4.02. The summed E-state index contributed by atoms with van der Waals surface area (Å²) in [7, 11) is 0. The largest absolute Gasteiger partial charge is 0.244 e. The first kappa shape index (κ1) is 23.4. The molecule has 3 heteroatoms. The van der Waals surface area contributed by atoms with Gasteiger partial charge in [-0.15, -0.1) is 18.3 Å². The van der Waals surface area contributed by atoms with Crippen molar-refractivity contribution >= 4 is 11.8 Å². The van der Waals surface area contributed by atoms with Crippen LogP contribution in [0.3, 0.4) is 0 Å². The van der Waals surface area contributed by atoms with Crippen LogP contribution in [0, 0.1) is 40.4 Å². The zero-order valence-electron chi connectivity index (χ0n) is 21.4. The SMILES string of the molecule is C=CCSc1nc2c(c(-c3ccccc3)c1C#N)CC1C3CCC4CCCC[C@]4(C)C3CC[C@]21C. The summed E-state index contributed by atoms with van der Waals surface area (Å²) < 4.78 is 0. The normalized spacial score (nSPS) is 35.2. The van der Waals surface area contributed by atoms with E-state index in [2.05, 4.69) is 56.8 Å². The number of benzene rings is 1. The highest BCUT2D eigenvalue weighted by Gasteiger charge is 2.59. The summed E-state index contributed by atoms with van der Waals surface area (Å²) in [5.41, 5.74) is 6.44. The predicted molar refractivity (Wildman–Crippen MR) is 145 cm³/mol. The Balaban J connectivity index is 1.48. The summed E-state index contributed by atoms with van der Waals surface area (Å²) >= 11 is 1.67. The lowest BCUT2D eigenvalue weighted by Gasteiger charge is -2.59. The zero-order chi connectivity index (χ0) is 24.2. The van der Waals surface area contributed by atoms with E-state index in [1.807, 2.05) is 6.08 Å². The monoisotopic (exact) mass is 482 g/mol. The first-order valence-electron chi connectivity index (χ1n) is 13.8. The van der Waals surface area contributed by atoms with Crippen LogP contribution in [-0.4, -0.2) is 10.7 Å². The van der Waals surface area contributed by atoms with Gasteiger partial charge in [-0.2, -0.15) is 5.26 Å². The fourth-order valence-electron chi connectivity index (χ4n) is 9.05. The van der Waals surface area contributed by atoms with Gasteiger partial charge in [0.2, 0.25) is 0 Å².